The SMILES string of the molecule is Cc1cnc(OC(C)C)c(NC(C)C)c1. The first kappa shape index (κ1) is 11.8. The highest BCUT2D eigenvalue weighted by Crippen LogP contribution is 2.24. The Labute approximate surface area is 91.9 Å². The third-order valence-corrected chi connectivity index (χ3v) is 1.78. The molecule has 0 unspecified atom stereocenters. The van der Waals surface area contributed by atoms with Gasteiger partial charge in [-0.05, 0) is 46.2 Å². The van der Waals surface area contributed by atoms with Crippen molar-refractivity contribution in [1.82, 2.24) is 4.98 Å². The lowest BCUT2D eigenvalue weighted by molar-refractivity contribution is 0.234. The monoisotopic (exact) mass is 208 g/mol. The van der Waals surface area contributed by atoms with E-state index in [0.717, 1.165) is 11.3 Å². The quantitative estimate of drug-likeness (QED) is 0.826. The lowest BCUT2D eigenvalue weighted by Crippen LogP contribution is -2.14. The summed E-state index contributed by atoms with van der Waals surface area (Å²) in [6.45, 7) is 10.2. The van der Waals surface area contributed by atoms with Crippen molar-refractivity contribution >= 4 is 5.69 Å². The van der Waals surface area contributed by atoms with Gasteiger partial charge in [-0.1, -0.05) is 0 Å². The van der Waals surface area contributed by atoms with Gasteiger partial charge >= 0.3 is 0 Å². The Hall–Kier alpha value is -1.25. The summed E-state index contributed by atoms with van der Waals surface area (Å²) < 4.78 is 5.63. The van der Waals surface area contributed by atoms with E-state index < -0.39 is 0 Å². The molecule has 0 amide bonds. The van der Waals surface area contributed by atoms with Crippen LogP contribution in [0.1, 0.15) is 33.3 Å². The Bertz CT molecular complexity index is 321. The van der Waals surface area contributed by atoms with Crippen LogP contribution >= 0.6 is 0 Å². The molecule has 0 spiro atoms. The van der Waals surface area contributed by atoms with Gasteiger partial charge in [0.1, 0.15) is 0 Å². The van der Waals surface area contributed by atoms with Crippen LogP contribution < -0.4 is 10.1 Å². The molecule has 0 aliphatic heterocycles. The van der Waals surface area contributed by atoms with Crippen molar-refractivity contribution in [2.24, 2.45) is 0 Å². The largest absolute Gasteiger partial charge is 0.473 e. The van der Waals surface area contributed by atoms with Gasteiger partial charge in [-0.2, -0.15) is 0 Å². The van der Waals surface area contributed by atoms with Crippen molar-refractivity contribution in [3.8, 4) is 5.88 Å². The van der Waals surface area contributed by atoms with E-state index in [9.17, 15) is 0 Å². The van der Waals surface area contributed by atoms with Gasteiger partial charge in [0, 0.05) is 12.2 Å². The summed E-state index contributed by atoms with van der Waals surface area (Å²) in [5, 5.41) is 3.33. The third-order valence-electron chi connectivity index (χ3n) is 1.78. The zero-order valence-corrected chi connectivity index (χ0v) is 10.2. The maximum absolute atomic E-state index is 5.63. The fourth-order valence-electron chi connectivity index (χ4n) is 1.29. The Kier molecular flexibility index (Phi) is 3.95. The van der Waals surface area contributed by atoms with Crippen molar-refractivity contribution < 1.29 is 4.74 Å². The van der Waals surface area contributed by atoms with E-state index in [4.69, 9.17) is 4.74 Å². The summed E-state index contributed by atoms with van der Waals surface area (Å²) in [5.74, 6) is 0.685. The van der Waals surface area contributed by atoms with Crippen molar-refractivity contribution in [2.75, 3.05) is 5.32 Å². The molecule has 0 saturated carbocycles. The van der Waals surface area contributed by atoms with Crippen LogP contribution in [-0.4, -0.2) is 17.1 Å². The maximum atomic E-state index is 5.63. The van der Waals surface area contributed by atoms with Gasteiger partial charge in [0.05, 0.1) is 11.8 Å². The predicted octanol–water partition coefficient (Wildman–Crippen LogP) is 3.00. The van der Waals surface area contributed by atoms with Crippen LogP contribution in [0.3, 0.4) is 0 Å². The van der Waals surface area contributed by atoms with Crippen LogP contribution in [0.2, 0.25) is 0 Å². The molecule has 3 nitrogen and oxygen atoms in total. The average Bonchev–Trinajstić information content (AvgIpc) is 2.08. The van der Waals surface area contributed by atoms with Crippen molar-refractivity contribution in [1.29, 1.82) is 0 Å². The zero-order valence-electron chi connectivity index (χ0n) is 10.2. The van der Waals surface area contributed by atoms with Crippen molar-refractivity contribution in [3.63, 3.8) is 0 Å². The minimum atomic E-state index is 0.146. The van der Waals surface area contributed by atoms with Crippen LogP contribution in [0.4, 0.5) is 5.69 Å². The van der Waals surface area contributed by atoms with E-state index in [1.54, 1.807) is 0 Å². The Morgan fingerprint density at radius 3 is 2.47 bits per heavy atom. The molecule has 1 aromatic rings. The highest BCUT2D eigenvalue weighted by atomic mass is 16.5. The predicted molar refractivity (Wildman–Crippen MR) is 63.5 cm³/mol. The molecule has 1 heterocycles. The number of hydrogen-bond donors (Lipinski definition) is 1. The fourth-order valence-corrected chi connectivity index (χ4v) is 1.29. The molecule has 0 aliphatic carbocycles. The normalized spacial score (nSPS) is 10.9. The molecule has 3 heteroatoms. The van der Waals surface area contributed by atoms with E-state index >= 15 is 0 Å². The first-order valence-electron chi connectivity index (χ1n) is 5.39. The number of nitrogens with zero attached hydrogens (tertiary/aromatic N) is 1. The van der Waals surface area contributed by atoms with Gasteiger partial charge in [0.15, 0.2) is 0 Å². The third kappa shape index (κ3) is 3.78. The number of hydrogen-bond acceptors (Lipinski definition) is 3. The highest BCUT2D eigenvalue weighted by molar-refractivity contribution is 5.54. The average molecular weight is 208 g/mol. The molecule has 0 atom stereocenters. The molecule has 0 radical (unpaired) electrons. The Balaban J connectivity index is 2.92. The molecular formula is C12H20N2O. The molecule has 15 heavy (non-hydrogen) atoms. The first-order chi connectivity index (χ1) is 6.99. The smallest absolute Gasteiger partial charge is 0.237 e. The maximum Gasteiger partial charge on any atom is 0.237 e. The van der Waals surface area contributed by atoms with Gasteiger partial charge in [0.2, 0.25) is 5.88 Å². The van der Waals surface area contributed by atoms with Gasteiger partial charge in [-0.15, -0.1) is 0 Å². The molecular weight excluding hydrogens is 188 g/mol. The van der Waals surface area contributed by atoms with Crippen LogP contribution in [-0.2, 0) is 0 Å². The van der Waals surface area contributed by atoms with E-state index in [-0.39, 0.29) is 6.10 Å². The summed E-state index contributed by atoms with van der Waals surface area (Å²) in [5.41, 5.74) is 2.10. The van der Waals surface area contributed by atoms with Crippen LogP contribution in [0.5, 0.6) is 5.88 Å². The second kappa shape index (κ2) is 5.01. The van der Waals surface area contributed by atoms with Gasteiger partial charge in [-0.25, -0.2) is 4.98 Å². The van der Waals surface area contributed by atoms with Gasteiger partial charge < -0.3 is 10.1 Å². The number of pyridine rings is 1. The van der Waals surface area contributed by atoms with Crippen molar-refractivity contribution in [2.45, 2.75) is 46.8 Å². The number of nitrogens with one attached hydrogen (secondary N) is 1. The minimum Gasteiger partial charge on any atom is -0.473 e. The van der Waals surface area contributed by atoms with Gasteiger partial charge in [-0.3, -0.25) is 0 Å². The fraction of sp³-hybridized carbons (Fsp3) is 0.583. The second-order valence-corrected chi connectivity index (χ2v) is 4.33. The molecule has 84 valence electrons. The second-order valence-electron chi connectivity index (χ2n) is 4.33. The Morgan fingerprint density at radius 1 is 1.27 bits per heavy atom. The van der Waals surface area contributed by atoms with Crippen molar-refractivity contribution in [3.05, 3.63) is 17.8 Å². The minimum absolute atomic E-state index is 0.146. The summed E-state index contributed by atoms with van der Waals surface area (Å²) in [6.07, 6.45) is 1.97. The number of ether oxygens (including phenoxy) is 1. The van der Waals surface area contributed by atoms with E-state index in [2.05, 4.69) is 30.2 Å². The first-order valence-corrected chi connectivity index (χ1v) is 5.39. The molecule has 0 bridgehead atoms. The summed E-state index contributed by atoms with van der Waals surface area (Å²) in [7, 11) is 0. The van der Waals surface area contributed by atoms with Gasteiger partial charge in [0.25, 0.3) is 0 Å². The standard InChI is InChI=1S/C12H20N2O/c1-8(2)14-11-6-10(5)7-13-12(11)15-9(3)4/h6-9,14H,1-5H3. The zero-order chi connectivity index (χ0) is 11.4. The number of rotatable bonds is 4. The lowest BCUT2D eigenvalue weighted by Gasteiger charge is -2.16. The molecule has 0 saturated heterocycles. The molecule has 1 rings (SSSR count). The summed E-state index contributed by atoms with van der Waals surface area (Å²) >= 11 is 0. The molecule has 0 fully saturated rings. The van der Waals surface area contributed by atoms with E-state index in [1.807, 2.05) is 27.0 Å². The van der Waals surface area contributed by atoms with Crippen LogP contribution in [0.25, 0.3) is 0 Å². The summed E-state index contributed by atoms with van der Waals surface area (Å²) in [6, 6.07) is 2.44. The summed E-state index contributed by atoms with van der Waals surface area (Å²) in [4.78, 5) is 4.29. The molecule has 1 N–H and O–H groups in total. The topological polar surface area (TPSA) is 34.1 Å². The lowest BCUT2D eigenvalue weighted by atomic mass is 10.2. The highest BCUT2D eigenvalue weighted by Gasteiger charge is 2.08. The van der Waals surface area contributed by atoms with Crippen LogP contribution in [0, 0.1) is 6.92 Å². The number of aromatic nitrogens is 1. The molecule has 0 aliphatic rings. The number of aryl methyl sites for hydroxylation is 1. The van der Waals surface area contributed by atoms with E-state index in [0.29, 0.717) is 11.9 Å². The molecule has 1 aromatic heterocycles. The molecule has 0 aromatic carbocycles. The van der Waals surface area contributed by atoms with E-state index in [1.165, 1.54) is 0 Å². The number of anilines is 1. The van der Waals surface area contributed by atoms with Crippen LogP contribution in [0.15, 0.2) is 12.3 Å². The Morgan fingerprint density at radius 2 is 1.93 bits per heavy atom.